The van der Waals surface area contributed by atoms with Crippen LogP contribution in [0, 0.1) is 5.41 Å². The van der Waals surface area contributed by atoms with Crippen molar-refractivity contribution in [3.05, 3.63) is 73.6 Å². The molecular weight excluding hydrogens is 450 g/mol. The maximum atomic E-state index is 2.54. The first kappa shape index (κ1) is 22.7. The van der Waals surface area contributed by atoms with Crippen molar-refractivity contribution in [2.24, 2.45) is 5.41 Å². The summed E-state index contributed by atoms with van der Waals surface area (Å²) in [6.07, 6.45) is 4.85. The molecule has 27 heavy (non-hydrogen) atoms. The van der Waals surface area contributed by atoms with E-state index in [9.17, 15) is 0 Å². The molecular formula is C24H26Cl2Zr. The number of fused-ring (bicyclic) bond motifs is 3. The summed E-state index contributed by atoms with van der Waals surface area (Å²) in [5, 5.41) is 2.84. The minimum Gasteiger partial charge on any atom is -1.00 e. The molecule has 2 aromatic rings. The SMILES string of the molecule is CCC1=[C]([Zr+2][C]2=CCc3ccc4ccccc4c32)C(C)(C)C(C)=C1C.[Cl-].[Cl-]. The molecule has 140 valence electrons. The molecule has 0 amide bonds. The molecule has 0 N–H and O–H groups in total. The average Bonchev–Trinajstić information content (AvgIpc) is 3.09. The van der Waals surface area contributed by atoms with Gasteiger partial charge in [-0.05, 0) is 0 Å². The first-order valence-corrected chi connectivity index (χ1v) is 11.8. The fourth-order valence-corrected chi connectivity index (χ4v) is 9.18. The monoisotopic (exact) mass is 474 g/mol. The van der Waals surface area contributed by atoms with Crippen LogP contribution in [0.3, 0.4) is 0 Å². The first-order chi connectivity index (χ1) is 11.9. The summed E-state index contributed by atoms with van der Waals surface area (Å²) in [7, 11) is 0. The molecule has 0 aromatic heterocycles. The third-order valence-electron chi connectivity index (χ3n) is 6.30. The molecule has 0 saturated carbocycles. The van der Waals surface area contributed by atoms with Gasteiger partial charge in [0.25, 0.3) is 0 Å². The van der Waals surface area contributed by atoms with E-state index in [1.807, 2.05) is 0 Å². The summed E-state index contributed by atoms with van der Waals surface area (Å²) in [5.74, 6) is 0. The van der Waals surface area contributed by atoms with Gasteiger partial charge in [-0.3, -0.25) is 0 Å². The van der Waals surface area contributed by atoms with E-state index >= 15 is 0 Å². The molecule has 2 aromatic carbocycles. The van der Waals surface area contributed by atoms with Crippen molar-refractivity contribution in [2.45, 2.75) is 47.5 Å². The van der Waals surface area contributed by atoms with Gasteiger partial charge < -0.3 is 24.8 Å². The molecule has 0 aliphatic heterocycles. The summed E-state index contributed by atoms with van der Waals surface area (Å²) < 4.78 is 3.51. The Kier molecular flexibility index (Phi) is 7.05. The minimum absolute atomic E-state index is 0. The standard InChI is InChI=1S/C13H9.C11H17.2ClH.Zr/c1-2-6-12-10(4-1)8-9-11-5-3-7-13(11)12;1-6-10-7-11(4,5)9(3)8(10)2;;;/h1-4,6,8-9H,5H2;6H2,1-5H3;2*1H;/q;;;;+2/p-2. The molecule has 2 aliphatic carbocycles. The van der Waals surface area contributed by atoms with Gasteiger partial charge in [-0.25, -0.2) is 0 Å². The van der Waals surface area contributed by atoms with Crippen LogP contribution >= 0.6 is 0 Å². The Morgan fingerprint density at radius 1 is 1.00 bits per heavy atom. The summed E-state index contributed by atoms with van der Waals surface area (Å²) in [5.41, 5.74) is 8.20. The zero-order valence-corrected chi connectivity index (χ0v) is 20.7. The van der Waals surface area contributed by atoms with Crippen LogP contribution in [0.2, 0.25) is 0 Å². The van der Waals surface area contributed by atoms with Crippen LogP contribution in [0.1, 0.15) is 52.2 Å². The van der Waals surface area contributed by atoms with Gasteiger partial charge in [0.05, 0.1) is 0 Å². The summed E-state index contributed by atoms with van der Waals surface area (Å²) >= 11 is -0.807. The second kappa shape index (κ2) is 8.40. The maximum Gasteiger partial charge on any atom is -1.00 e. The van der Waals surface area contributed by atoms with Gasteiger partial charge in [-0.2, -0.15) is 0 Å². The largest absolute Gasteiger partial charge is 1.00 e. The number of rotatable bonds is 3. The zero-order valence-electron chi connectivity index (χ0n) is 16.7. The topological polar surface area (TPSA) is 0 Å². The van der Waals surface area contributed by atoms with Gasteiger partial charge in [-0.1, -0.05) is 0 Å². The van der Waals surface area contributed by atoms with Crippen molar-refractivity contribution in [1.29, 1.82) is 0 Å². The predicted octanol–water partition coefficient (Wildman–Crippen LogP) is 0.868. The van der Waals surface area contributed by atoms with Gasteiger partial charge >= 0.3 is 164 Å². The Balaban J connectivity index is 0.00000131. The summed E-state index contributed by atoms with van der Waals surface area (Å²) in [6, 6.07) is 13.6. The Bertz CT molecular complexity index is 977. The molecule has 0 bridgehead atoms. The van der Waals surface area contributed by atoms with Gasteiger partial charge in [-0.15, -0.1) is 0 Å². The van der Waals surface area contributed by atoms with Gasteiger partial charge in [0.15, 0.2) is 0 Å². The number of hydrogen-bond acceptors (Lipinski definition) is 0. The van der Waals surface area contributed by atoms with Crippen molar-refractivity contribution in [1.82, 2.24) is 0 Å². The Hall–Kier alpha value is -0.617. The van der Waals surface area contributed by atoms with E-state index in [2.05, 4.69) is 77.1 Å². The Labute approximate surface area is 187 Å². The van der Waals surface area contributed by atoms with Crippen LogP contribution in [-0.4, -0.2) is 0 Å². The quantitative estimate of drug-likeness (QED) is 0.617. The van der Waals surface area contributed by atoms with Crippen LogP contribution in [-0.2, 0) is 29.7 Å². The molecule has 0 atom stereocenters. The average molecular weight is 477 g/mol. The molecule has 0 saturated heterocycles. The molecule has 0 heterocycles. The second-order valence-electron chi connectivity index (χ2n) is 7.85. The smallest absolute Gasteiger partial charge is 1.00 e. The number of benzene rings is 2. The third-order valence-corrected chi connectivity index (χ3v) is 11.0. The van der Waals surface area contributed by atoms with Crippen molar-refractivity contribution in [2.75, 3.05) is 0 Å². The van der Waals surface area contributed by atoms with Gasteiger partial charge in [0.1, 0.15) is 0 Å². The second-order valence-corrected chi connectivity index (χ2v) is 11.0. The van der Waals surface area contributed by atoms with E-state index in [0.29, 0.717) is 0 Å². The molecule has 0 spiro atoms. The fraction of sp³-hybridized carbons (Fsp3) is 0.333. The van der Waals surface area contributed by atoms with Crippen molar-refractivity contribution >= 4 is 14.1 Å². The van der Waals surface area contributed by atoms with E-state index in [-0.39, 0.29) is 30.2 Å². The molecule has 0 nitrogen and oxygen atoms in total. The van der Waals surface area contributed by atoms with Crippen LogP contribution < -0.4 is 24.8 Å². The van der Waals surface area contributed by atoms with Crippen molar-refractivity contribution < 1.29 is 48.0 Å². The van der Waals surface area contributed by atoms with Crippen LogP contribution in [0.25, 0.3) is 14.1 Å². The predicted molar refractivity (Wildman–Crippen MR) is 105 cm³/mol. The number of allylic oxidation sites excluding steroid dienone is 5. The van der Waals surface area contributed by atoms with Crippen LogP contribution in [0.15, 0.2) is 62.5 Å². The molecule has 0 fully saturated rings. The Morgan fingerprint density at radius 2 is 1.70 bits per heavy atom. The Morgan fingerprint density at radius 3 is 2.41 bits per heavy atom. The maximum absolute atomic E-state index is 2.54. The molecule has 4 rings (SSSR count). The first-order valence-electron chi connectivity index (χ1n) is 9.35. The van der Waals surface area contributed by atoms with Crippen LogP contribution in [0.5, 0.6) is 0 Å². The van der Waals surface area contributed by atoms with E-state index in [0.717, 1.165) is 6.42 Å². The van der Waals surface area contributed by atoms with Crippen molar-refractivity contribution in [3.63, 3.8) is 0 Å². The van der Waals surface area contributed by atoms with E-state index in [4.69, 9.17) is 0 Å². The molecule has 0 radical (unpaired) electrons. The van der Waals surface area contributed by atoms with Crippen molar-refractivity contribution in [3.8, 4) is 0 Å². The fourth-order valence-electron chi connectivity index (χ4n) is 4.49. The molecule has 3 heteroatoms. The van der Waals surface area contributed by atoms with E-state index in [1.165, 1.54) is 22.8 Å². The normalized spacial score (nSPS) is 17.3. The van der Waals surface area contributed by atoms with Gasteiger partial charge in [0.2, 0.25) is 0 Å². The molecule has 0 unspecified atom stereocenters. The minimum atomic E-state index is -0.807. The van der Waals surface area contributed by atoms with Gasteiger partial charge in [0, 0.05) is 0 Å². The zero-order chi connectivity index (χ0) is 17.8. The van der Waals surface area contributed by atoms with Crippen LogP contribution in [0.4, 0.5) is 0 Å². The molecule has 2 aliphatic rings. The van der Waals surface area contributed by atoms with E-state index in [1.54, 1.807) is 28.8 Å². The summed E-state index contributed by atoms with van der Waals surface area (Å²) in [6.45, 7) is 11.9. The number of halogens is 2. The third kappa shape index (κ3) is 3.57. The summed E-state index contributed by atoms with van der Waals surface area (Å²) in [4.78, 5) is 0. The van der Waals surface area contributed by atoms with E-state index < -0.39 is 23.2 Å². The number of hydrogen-bond donors (Lipinski definition) is 0.